The van der Waals surface area contributed by atoms with Crippen molar-refractivity contribution >= 4 is 34.2 Å². The zero-order chi connectivity index (χ0) is 21.4. The Bertz CT molecular complexity index is 842. The van der Waals surface area contributed by atoms with Gasteiger partial charge in [-0.05, 0) is 66.3 Å². The largest absolute Gasteiger partial charge is 0.495 e. The van der Waals surface area contributed by atoms with Gasteiger partial charge in [-0.1, -0.05) is 12.1 Å². The lowest BCUT2D eigenvalue weighted by atomic mass is 10.1. The third kappa shape index (κ3) is 6.76. The second-order valence-electron chi connectivity index (χ2n) is 7.04. The summed E-state index contributed by atoms with van der Waals surface area (Å²) < 4.78 is 17.3. The topological polar surface area (TPSA) is 89.1 Å². The van der Waals surface area contributed by atoms with Crippen molar-refractivity contribution in [2.75, 3.05) is 32.8 Å². The maximum Gasteiger partial charge on any atom is 0.262 e. The standard InChI is InChI=1S/C21H27IN2O5/c1-21(2,13-25)23-11-14-9-15(22)20(18(10-14)28-4)29-12-19(26)24-16-7-5-6-8-17(16)27-3/h5-10,23,25H,11-13H2,1-4H3,(H,24,26). The number of hydrogen-bond donors (Lipinski definition) is 3. The highest BCUT2D eigenvalue weighted by Crippen LogP contribution is 2.34. The van der Waals surface area contributed by atoms with E-state index in [4.69, 9.17) is 14.2 Å². The fraction of sp³-hybridized carbons (Fsp3) is 0.381. The van der Waals surface area contributed by atoms with Gasteiger partial charge in [-0.3, -0.25) is 4.79 Å². The van der Waals surface area contributed by atoms with E-state index in [1.165, 1.54) is 0 Å². The molecule has 3 N–H and O–H groups in total. The van der Waals surface area contributed by atoms with Crippen LogP contribution in [-0.4, -0.2) is 44.0 Å². The van der Waals surface area contributed by atoms with E-state index in [-0.39, 0.29) is 24.7 Å². The summed E-state index contributed by atoms with van der Waals surface area (Å²) in [7, 11) is 3.11. The molecule has 2 rings (SSSR count). The van der Waals surface area contributed by atoms with Crippen LogP contribution in [0.4, 0.5) is 5.69 Å². The zero-order valence-corrected chi connectivity index (χ0v) is 19.2. The molecule has 7 nitrogen and oxygen atoms in total. The second-order valence-corrected chi connectivity index (χ2v) is 8.20. The summed E-state index contributed by atoms with van der Waals surface area (Å²) in [6.07, 6.45) is 0. The first-order valence-electron chi connectivity index (χ1n) is 9.07. The third-order valence-electron chi connectivity index (χ3n) is 4.18. The van der Waals surface area contributed by atoms with Crippen molar-refractivity contribution in [2.24, 2.45) is 0 Å². The van der Waals surface area contributed by atoms with Crippen LogP contribution in [0.3, 0.4) is 0 Å². The van der Waals surface area contributed by atoms with Crippen molar-refractivity contribution in [1.82, 2.24) is 5.32 Å². The van der Waals surface area contributed by atoms with Gasteiger partial charge in [0.15, 0.2) is 18.1 Å². The maximum atomic E-state index is 12.3. The van der Waals surface area contributed by atoms with E-state index in [1.54, 1.807) is 26.4 Å². The Kier molecular flexibility index (Phi) is 8.54. The summed E-state index contributed by atoms with van der Waals surface area (Å²) in [6.45, 7) is 4.28. The van der Waals surface area contributed by atoms with Gasteiger partial charge in [-0.15, -0.1) is 0 Å². The van der Waals surface area contributed by atoms with E-state index < -0.39 is 0 Å². The van der Waals surface area contributed by atoms with Crippen molar-refractivity contribution in [3.8, 4) is 17.2 Å². The second kappa shape index (κ2) is 10.7. The summed E-state index contributed by atoms with van der Waals surface area (Å²) in [5.74, 6) is 1.33. The highest BCUT2D eigenvalue weighted by Gasteiger charge is 2.18. The quantitative estimate of drug-likeness (QED) is 0.423. The molecule has 0 unspecified atom stereocenters. The van der Waals surface area contributed by atoms with E-state index in [1.807, 2.05) is 38.1 Å². The van der Waals surface area contributed by atoms with Crippen molar-refractivity contribution < 1.29 is 24.1 Å². The third-order valence-corrected chi connectivity index (χ3v) is 4.99. The van der Waals surface area contributed by atoms with Gasteiger partial charge in [0.1, 0.15) is 5.75 Å². The minimum Gasteiger partial charge on any atom is -0.495 e. The molecule has 0 atom stereocenters. The highest BCUT2D eigenvalue weighted by molar-refractivity contribution is 14.1. The fourth-order valence-corrected chi connectivity index (χ4v) is 3.31. The number of halogens is 1. The molecule has 0 bridgehead atoms. The zero-order valence-electron chi connectivity index (χ0n) is 17.0. The number of carbonyl (C=O) groups excluding carboxylic acids is 1. The number of hydrogen-bond acceptors (Lipinski definition) is 6. The van der Waals surface area contributed by atoms with Gasteiger partial charge in [0, 0.05) is 12.1 Å². The molecule has 8 heteroatoms. The molecular weight excluding hydrogens is 487 g/mol. The molecule has 1 amide bonds. The summed E-state index contributed by atoms with van der Waals surface area (Å²) in [5, 5.41) is 15.4. The van der Waals surface area contributed by atoms with E-state index in [0.717, 1.165) is 9.13 Å². The average Bonchev–Trinajstić information content (AvgIpc) is 2.71. The normalized spacial score (nSPS) is 11.1. The number of para-hydroxylation sites is 2. The Balaban J connectivity index is 2.05. The van der Waals surface area contributed by atoms with Crippen molar-refractivity contribution in [1.29, 1.82) is 0 Å². The molecule has 0 saturated heterocycles. The van der Waals surface area contributed by atoms with Crippen LogP contribution in [0.5, 0.6) is 17.2 Å². The SMILES string of the molecule is COc1ccccc1NC(=O)COc1c(I)cc(CNC(C)(C)CO)cc1OC. The highest BCUT2D eigenvalue weighted by atomic mass is 127. The van der Waals surface area contributed by atoms with Crippen LogP contribution in [0.15, 0.2) is 36.4 Å². The number of methoxy groups -OCH3 is 2. The number of aliphatic hydroxyl groups excluding tert-OH is 1. The first kappa shape index (κ1) is 23.2. The van der Waals surface area contributed by atoms with Crippen LogP contribution >= 0.6 is 22.6 Å². The van der Waals surface area contributed by atoms with Gasteiger partial charge in [0.05, 0.1) is 30.1 Å². The van der Waals surface area contributed by atoms with Crippen LogP contribution in [0.25, 0.3) is 0 Å². The van der Waals surface area contributed by atoms with E-state index in [0.29, 0.717) is 29.5 Å². The average molecular weight is 514 g/mol. The van der Waals surface area contributed by atoms with Crippen LogP contribution in [0, 0.1) is 3.57 Å². The lowest BCUT2D eigenvalue weighted by Crippen LogP contribution is -2.42. The van der Waals surface area contributed by atoms with Gasteiger partial charge in [0.2, 0.25) is 0 Å². The Hall–Kier alpha value is -2.04. The molecule has 0 heterocycles. The number of aliphatic hydroxyl groups is 1. The molecule has 0 fully saturated rings. The molecule has 29 heavy (non-hydrogen) atoms. The summed E-state index contributed by atoms with van der Waals surface area (Å²) in [5.41, 5.74) is 1.18. The Morgan fingerprint density at radius 2 is 1.83 bits per heavy atom. The maximum absolute atomic E-state index is 12.3. The number of ether oxygens (including phenoxy) is 3. The number of benzene rings is 2. The fourth-order valence-electron chi connectivity index (χ4n) is 2.48. The summed E-state index contributed by atoms with van der Waals surface area (Å²) in [4.78, 5) is 12.3. The Labute approximate surface area is 184 Å². The van der Waals surface area contributed by atoms with Crippen molar-refractivity contribution in [3.05, 3.63) is 45.5 Å². The van der Waals surface area contributed by atoms with Gasteiger partial charge in [-0.25, -0.2) is 0 Å². The molecule has 0 aliphatic heterocycles. The molecular formula is C21H27IN2O5. The van der Waals surface area contributed by atoms with Crippen LogP contribution in [-0.2, 0) is 11.3 Å². The van der Waals surface area contributed by atoms with Crippen LogP contribution < -0.4 is 24.8 Å². The predicted octanol–water partition coefficient (Wildman–Crippen LogP) is 3.19. The number of rotatable bonds is 10. The van der Waals surface area contributed by atoms with Crippen LogP contribution in [0.1, 0.15) is 19.4 Å². The number of anilines is 1. The number of carbonyl (C=O) groups is 1. The van der Waals surface area contributed by atoms with Gasteiger partial charge < -0.3 is 30.0 Å². The van der Waals surface area contributed by atoms with Crippen molar-refractivity contribution in [3.63, 3.8) is 0 Å². The van der Waals surface area contributed by atoms with E-state index in [2.05, 4.69) is 33.2 Å². The molecule has 0 saturated carbocycles. The summed E-state index contributed by atoms with van der Waals surface area (Å²) in [6, 6.07) is 11.0. The molecule has 0 aromatic heterocycles. The van der Waals surface area contributed by atoms with Crippen molar-refractivity contribution in [2.45, 2.75) is 25.9 Å². The van der Waals surface area contributed by atoms with Crippen LogP contribution in [0.2, 0.25) is 0 Å². The predicted molar refractivity (Wildman–Crippen MR) is 121 cm³/mol. The first-order valence-corrected chi connectivity index (χ1v) is 10.2. The van der Waals surface area contributed by atoms with Gasteiger partial charge in [-0.2, -0.15) is 0 Å². The van der Waals surface area contributed by atoms with Gasteiger partial charge in [0.25, 0.3) is 5.91 Å². The smallest absolute Gasteiger partial charge is 0.262 e. The monoisotopic (exact) mass is 514 g/mol. The molecule has 0 aliphatic carbocycles. The lowest BCUT2D eigenvalue weighted by molar-refractivity contribution is -0.118. The molecule has 0 aliphatic rings. The molecule has 2 aromatic rings. The van der Waals surface area contributed by atoms with E-state index in [9.17, 15) is 9.90 Å². The Morgan fingerprint density at radius 3 is 2.48 bits per heavy atom. The van der Waals surface area contributed by atoms with Gasteiger partial charge >= 0.3 is 0 Å². The van der Waals surface area contributed by atoms with E-state index >= 15 is 0 Å². The lowest BCUT2D eigenvalue weighted by Gasteiger charge is -2.24. The first-order chi connectivity index (χ1) is 13.8. The Morgan fingerprint density at radius 1 is 1.14 bits per heavy atom. The number of amides is 1. The molecule has 0 spiro atoms. The number of nitrogens with one attached hydrogen (secondary N) is 2. The molecule has 2 aromatic carbocycles. The molecule has 158 valence electrons. The molecule has 0 radical (unpaired) electrons. The minimum atomic E-state index is -0.384. The summed E-state index contributed by atoms with van der Waals surface area (Å²) >= 11 is 2.15. The minimum absolute atomic E-state index is 0.0315.